The van der Waals surface area contributed by atoms with Gasteiger partial charge in [0.1, 0.15) is 0 Å². The average Bonchev–Trinajstić information content (AvgIpc) is 2.82. The van der Waals surface area contributed by atoms with Crippen molar-refractivity contribution in [3.8, 4) is 0 Å². The van der Waals surface area contributed by atoms with Crippen LogP contribution in [-0.4, -0.2) is 51.1 Å². The van der Waals surface area contributed by atoms with Crippen LogP contribution in [0.4, 0.5) is 0 Å². The summed E-state index contributed by atoms with van der Waals surface area (Å²) in [4.78, 5) is 20.6. The number of H-pyrrole nitrogens is 1. The summed E-state index contributed by atoms with van der Waals surface area (Å²) >= 11 is 0. The molecule has 6 heteroatoms. The number of aliphatic hydroxyl groups excluding tert-OH is 1. The zero-order valence-electron chi connectivity index (χ0n) is 9.67. The zero-order chi connectivity index (χ0) is 12.3. The molecule has 1 aliphatic rings. The fourth-order valence-corrected chi connectivity index (χ4v) is 2.04. The van der Waals surface area contributed by atoms with Crippen molar-refractivity contribution in [2.45, 2.75) is 31.4 Å². The number of aliphatic hydroxyl groups is 1. The smallest absolute Gasteiger partial charge is 0.239 e. The maximum atomic E-state index is 12.0. The van der Waals surface area contributed by atoms with Crippen molar-refractivity contribution in [1.29, 1.82) is 0 Å². The lowest BCUT2D eigenvalue weighted by atomic mass is 10.1. The highest BCUT2D eigenvalue weighted by atomic mass is 16.3. The van der Waals surface area contributed by atoms with Gasteiger partial charge < -0.3 is 20.7 Å². The minimum atomic E-state index is -0.536. The van der Waals surface area contributed by atoms with Crippen molar-refractivity contribution < 1.29 is 9.90 Å². The molecule has 17 heavy (non-hydrogen) atoms. The zero-order valence-corrected chi connectivity index (χ0v) is 9.67. The molecule has 0 radical (unpaired) electrons. The minimum absolute atomic E-state index is 0.0495. The summed E-state index contributed by atoms with van der Waals surface area (Å²) in [6.45, 7) is 1.19. The van der Waals surface area contributed by atoms with E-state index < -0.39 is 6.04 Å². The molecular weight excluding hydrogens is 220 g/mol. The van der Waals surface area contributed by atoms with Crippen LogP contribution >= 0.6 is 0 Å². The number of imidazole rings is 1. The molecule has 0 saturated carbocycles. The first-order valence-corrected chi connectivity index (χ1v) is 5.86. The first-order chi connectivity index (χ1) is 8.16. The number of hydrogen-bond donors (Lipinski definition) is 3. The maximum Gasteiger partial charge on any atom is 0.239 e. The van der Waals surface area contributed by atoms with Gasteiger partial charge in [0.05, 0.1) is 18.5 Å². The quantitative estimate of drug-likeness (QED) is 0.646. The third-order valence-electron chi connectivity index (χ3n) is 3.09. The molecule has 0 aliphatic carbocycles. The summed E-state index contributed by atoms with van der Waals surface area (Å²) < 4.78 is 0. The fraction of sp³-hybridized carbons (Fsp3) is 0.636. The number of piperidine rings is 1. The Balaban J connectivity index is 1.86. The molecule has 1 fully saturated rings. The summed E-state index contributed by atoms with van der Waals surface area (Å²) in [6, 6.07) is -0.536. The number of aromatic nitrogens is 2. The van der Waals surface area contributed by atoms with Gasteiger partial charge in [-0.1, -0.05) is 0 Å². The van der Waals surface area contributed by atoms with E-state index in [4.69, 9.17) is 5.73 Å². The molecule has 1 aromatic rings. The number of carbonyl (C=O) groups excluding carboxylic acids is 1. The molecule has 1 aromatic heterocycles. The number of nitrogens with two attached hydrogens (primary N) is 1. The largest absolute Gasteiger partial charge is 0.393 e. The van der Waals surface area contributed by atoms with Gasteiger partial charge in [-0.15, -0.1) is 0 Å². The predicted octanol–water partition coefficient (Wildman–Crippen LogP) is -0.737. The van der Waals surface area contributed by atoms with Gasteiger partial charge in [-0.3, -0.25) is 4.79 Å². The number of likely N-dealkylation sites (tertiary alicyclic amines) is 1. The van der Waals surface area contributed by atoms with E-state index in [-0.39, 0.29) is 12.0 Å². The molecule has 0 aromatic carbocycles. The van der Waals surface area contributed by atoms with Crippen molar-refractivity contribution in [2.24, 2.45) is 5.73 Å². The SMILES string of the molecule is NC(Cc1cnc[nH]1)C(=O)N1CCC(O)CC1. The van der Waals surface area contributed by atoms with Crippen LogP contribution in [0.1, 0.15) is 18.5 Å². The molecule has 1 unspecified atom stereocenters. The number of nitrogens with one attached hydrogen (secondary N) is 1. The Bertz CT molecular complexity index is 358. The summed E-state index contributed by atoms with van der Waals surface area (Å²) in [5.74, 6) is -0.0495. The monoisotopic (exact) mass is 238 g/mol. The van der Waals surface area contributed by atoms with E-state index in [1.54, 1.807) is 17.4 Å². The van der Waals surface area contributed by atoms with Gasteiger partial charge in [-0.05, 0) is 12.8 Å². The van der Waals surface area contributed by atoms with Crippen LogP contribution in [0.3, 0.4) is 0 Å². The topological polar surface area (TPSA) is 95.2 Å². The maximum absolute atomic E-state index is 12.0. The molecule has 1 aliphatic heterocycles. The lowest BCUT2D eigenvalue weighted by Gasteiger charge is -2.31. The second kappa shape index (κ2) is 5.29. The Morgan fingerprint density at radius 3 is 2.94 bits per heavy atom. The van der Waals surface area contributed by atoms with Crippen LogP contribution < -0.4 is 5.73 Å². The predicted molar refractivity (Wildman–Crippen MR) is 62.1 cm³/mol. The normalized spacial score (nSPS) is 19.3. The molecule has 1 saturated heterocycles. The highest BCUT2D eigenvalue weighted by Crippen LogP contribution is 2.11. The molecule has 94 valence electrons. The van der Waals surface area contributed by atoms with Crippen molar-refractivity contribution >= 4 is 5.91 Å². The molecule has 1 amide bonds. The van der Waals surface area contributed by atoms with Crippen molar-refractivity contribution in [1.82, 2.24) is 14.9 Å². The molecule has 2 rings (SSSR count). The van der Waals surface area contributed by atoms with Crippen LogP contribution in [0.5, 0.6) is 0 Å². The Kier molecular flexibility index (Phi) is 3.75. The summed E-state index contributed by atoms with van der Waals surface area (Å²) in [7, 11) is 0. The van der Waals surface area contributed by atoms with Crippen LogP contribution in [0, 0.1) is 0 Å². The van der Waals surface area contributed by atoms with Crippen LogP contribution in [-0.2, 0) is 11.2 Å². The number of aromatic amines is 1. The van der Waals surface area contributed by atoms with Gasteiger partial charge in [0.25, 0.3) is 0 Å². The Morgan fingerprint density at radius 2 is 2.35 bits per heavy atom. The molecule has 1 atom stereocenters. The highest BCUT2D eigenvalue weighted by Gasteiger charge is 2.25. The molecule has 2 heterocycles. The second-order valence-electron chi connectivity index (χ2n) is 4.44. The van der Waals surface area contributed by atoms with Gasteiger partial charge in [0.15, 0.2) is 0 Å². The lowest BCUT2D eigenvalue weighted by molar-refractivity contribution is -0.134. The number of rotatable bonds is 3. The van der Waals surface area contributed by atoms with Gasteiger partial charge in [0.2, 0.25) is 5.91 Å². The van der Waals surface area contributed by atoms with E-state index in [1.165, 1.54) is 0 Å². The average molecular weight is 238 g/mol. The molecule has 0 bridgehead atoms. The first kappa shape index (κ1) is 12.1. The Morgan fingerprint density at radius 1 is 1.65 bits per heavy atom. The lowest BCUT2D eigenvalue weighted by Crippen LogP contribution is -2.48. The van der Waals surface area contributed by atoms with E-state index in [0.717, 1.165) is 5.69 Å². The minimum Gasteiger partial charge on any atom is -0.393 e. The molecule has 0 spiro atoms. The van der Waals surface area contributed by atoms with Gasteiger partial charge in [-0.25, -0.2) is 4.98 Å². The fourth-order valence-electron chi connectivity index (χ4n) is 2.04. The number of carbonyl (C=O) groups is 1. The van der Waals surface area contributed by atoms with Crippen molar-refractivity contribution in [3.63, 3.8) is 0 Å². The summed E-state index contributed by atoms with van der Waals surface area (Å²) in [5, 5.41) is 9.37. The second-order valence-corrected chi connectivity index (χ2v) is 4.44. The Labute approximate surface area is 99.8 Å². The van der Waals surface area contributed by atoms with Gasteiger partial charge in [-0.2, -0.15) is 0 Å². The summed E-state index contributed by atoms with van der Waals surface area (Å²) in [5.41, 5.74) is 6.74. The van der Waals surface area contributed by atoms with Crippen LogP contribution in [0.2, 0.25) is 0 Å². The van der Waals surface area contributed by atoms with Crippen molar-refractivity contribution in [3.05, 3.63) is 18.2 Å². The third kappa shape index (κ3) is 3.04. The van der Waals surface area contributed by atoms with E-state index in [2.05, 4.69) is 9.97 Å². The third-order valence-corrected chi connectivity index (χ3v) is 3.09. The highest BCUT2D eigenvalue weighted by molar-refractivity contribution is 5.82. The molecular formula is C11H18N4O2. The van der Waals surface area contributed by atoms with E-state index >= 15 is 0 Å². The standard InChI is InChI=1S/C11H18N4O2/c12-10(5-8-6-13-7-14-8)11(17)15-3-1-9(16)2-4-15/h6-7,9-10,16H,1-5,12H2,(H,13,14). The van der Waals surface area contributed by atoms with Gasteiger partial charge >= 0.3 is 0 Å². The number of hydrogen-bond acceptors (Lipinski definition) is 4. The number of nitrogens with zero attached hydrogens (tertiary/aromatic N) is 2. The molecule has 4 N–H and O–H groups in total. The van der Waals surface area contributed by atoms with E-state index in [0.29, 0.717) is 32.4 Å². The first-order valence-electron chi connectivity index (χ1n) is 5.86. The summed E-state index contributed by atoms with van der Waals surface area (Å²) in [6.07, 6.45) is 4.72. The van der Waals surface area contributed by atoms with Crippen molar-refractivity contribution in [2.75, 3.05) is 13.1 Å². The molecule has 6 nitrogen and oxygen atoms in total. The Hall–Kier alpha value is -1.40. The van der Waals surface area contributed by atoms with Crippen LogP contribution in [0.25, 0.3) is 0 Å². The van der Waals surface area contributed by atoms with E-state index in [1.807, 2.05) is 0 Å². The van der Waals surface area contributed by atoms with Gasteiger partial charge in [0, 0.05) is 31.4 Å². The van der Waals surface area contributed by atoms with E-state index in [9.17, 15) is 9.90 Å². The van der Waals surface area contributed by atoms with Crippen LogP contribution in [0.15, 0.2) is 12.5 Å². The number of amides is 1.